The lowest BCUT2D eigenvalue weighted by molar-refractivity contribution is 0.412. The van der Waals surface area contributed by atoms with Gasteiger partial charge in [0.2, 0.25) is 0 Å². The Balaban J connectivity index is 1.85. The predicted molar refractivity (Wildman–Crippen MR) is 72.7 cm³/mol. The number of hydrogen-bond acceptors (Lipinski definition) is 2. The Bertz CT molecular complexity index is 536. The van der Waals surface area contributed by atoms with E-state index in [2.05, 4.69) is 47.8 Å². The molecule has 1 atom stereocenters. The summed E-state index contributed by atoms with van der Waals surface area (Å²) in [4.78, 5) is 0. The van der Waals surface area contributed by atoms with Crippen LogP contribution in [0.1, 0.15) is 22.7 Å². The quantitative estimate of drug-likeness (QED) is 0.869. The van der Waals surface area contributed by atoms with Crippen molar-refractivity contribution in [1.82, 2.24) is 5.32 Å². The second kappa shape index (κ2) is 4.83. The maximum Gasteiger partial charge on any atom is 0.119 e. The number of ether oxygens (including phenoxy) is 1. The van der Waals surface area contributed by atoms with Crippen LogP contribution in [0, 0.1) is 0 Å². The molecule has 2 heteroatoms. The largest absolute Gasteiger partial charge is 0.497 e. The second-order valence-corrected chi connectivity index (χ2v) is 4.68. The van der Waals surface area contributed by atoms with Gasteiger partial charge in [-0.15, -0.1) is 0 Å². The average Bonchev–Trinajstić information content (AvgIpc) is 2.47. The number of benzene rings is 2. The highest BCUT2D eigenvalue weighted by atomic mass is 16.5. The Hall–Kier alpha value is -1.80. The van der Waals surface area contributed by atoms with Crippen molar-refractivity contribution in [3.05, 3.63) is 65.2 Å². The van der Waals surface area contributed by atoms with Gasteiger partial charge in [0, 0.05) is 12.6 Å². The van der Waals surface area contributed by atoms with Gasteiger partial charge in [-0.1, -0.05) is 36.4 Å². The first-order valence-corrected chi connectivity index (χ1v) is 6.31. The van der Waals surface area contributed by atoms with Gasteiger partial charge in [-0.25, -0.2) is 0 Å². The lowest BCUT2D eigenvalue weighted by Gasteiger charge is -2.26. The van der Waals surface area contributed by atoms with Crippen LogP contribution in [-0.4, -0.2) is 7.11 Å². The Kier molecular flexibility index (Phi) is 3.03. The summed E-state index contributed by atoms with van der Waals surface area (Å²) >= 11 is 0. The van der Waals surface area contributed by atoms with Crippen molar-refractivity contribution in [3.8, 4) is 5.75 Å². The minimum absolute atomic E-state index is 0.423. The van der Waals surface area contributed by atoms with Gasteiger partial charge in [0.1, 0.15) is 5.75 Å². The second-order valence-electron chi connectivity index (χ2n) is 4.68. The van der Waals surface area contributed by atoms with E-state index in [4.69, 9.17) is 4.74 Å². The van der Waals surface area contributed by atoms with Gasteiger partial charge in [0.05, 0.1) is 7.11 Å². The number of rotatable bonds is 2. The molecule has 18 heavy (non-hydrogen) atoms. The smallest absolute Gasteiger partial charge is 0.119 e. The van der Waals surface area contributed by atoms with Crippen molar-refractivity contribution in [2.75, 3.05) is 7.11 Å². The summed E-state index contributed by atoms with van der Waals surface area (Å²) in [6.45, 7) is 0.909. The molecule has 0 spiro atoms. The van der Waals surface area contributed by atoms with Crippen molar-refractivity contribution in [1.29, 1.82) is 0 Å². The highest BCUT2D eigenvalue weighted by Gasteiger charge is 2.19. The molecule has 0 unspecified atom stereocenters. The monoisotopic (exact) mass is 239 g/mol. The normalized spacial score (nSPS) is 18.2. The Morgan fingerprint density at radius 1 is 1.06 bits per heavy atom. The maximum atomic E-state index is 5.26. The van der Waals surface area contributed by atoms with Crippen LogP contribution in [0.4, 0.5) is 0 Å². The molecule has 0 fully saturated rings. The third kappa shape index (κ3) is 2.12. The third-order valence-corrected chi connectivity index (χ3v) is 3.58. The van der Waals surface area contributed by atoms with E-state index in [9.17, 15) is 0 Å². The minimum atomic E-state index is 0.423. The molecular formula is C16H17NO. The van der Waals surface area contributed by atoms with Crippen molar-refractivity contribution >= 4 is 0 Å². The molecule has 0 aliphatic carbocycles. The van der Waals surface area contributed by atoms with Crippen LogP contribution in [0.5, 0.6) is 5.75 Å². The van der Waals surface area contributed by atoms with Crippen LogP contribution >= 0.6 is 0 Å². The lowest BCUT2D eigenvalue weighted by atomic mass is 9.91. The van der Waals surface area contributed by atoms with Gasteiger partial charge in [0.15, 0.2) is 0 Å². The topological polar surface area (TPSA) is 21.3 Å². The fraction of sp³-hybridized carbons (Fsp3) is 0.250. The summed E-state index contributed by atoms with van der Waals surface area (Å²) in [5.41, 5.74) is 4.13. The zero-order chi connectivity index (χ0) is 12.4. The number of nitrogens with one attached hydrogen (secondary N) is 1. The standard InChI is InChI=1S/C16H17NO/c1-18-15-8-7-13-10-16(17-11-14(13)9-15)12-5-3-2-4-6-12/h2-9,16-17H,10-11H2,1H3/t16-/m1/s1. The number of methoxy groups -OCH3 is 1. The fourth-order valence-corrected chi connectivity index (χ4v) is 2.54. The minimum Gasteiger partial charge on any atom is -0.497 e. The molecule has 2 nitrogen and oxygen atoms in total. The number of hydrogen-bond donors (Lipinski definition) is 1. The first kappa shape index (κ1) is 11.3. The molecular weight excluding hydrogens is 222 g/mol. The van der Waals surface area contributed by atoms with Crippen LogP contribution in [0.15, 0.2) is 48.5 Å². The van der Waals surface area contributed by atoms with Crippen LogP contribution < -0.4 is 10.1 Å². The summed E-state index contributed by atoms with van der Waals surface area (Å²) in [7, 11) is 1.71. The van der Waals surface area contributed by atoms with E-state index >= 15 is 0 Å². The molecule has 0 amide bonds. The molecule has 3 rings (SSSR count). The predicted octanol–water partition coefficient (Wildman–Crippen LogP) is 3.08. The van der Waals surface area contributed by atoms with E-state index in [-0.39, 0.29) is 0 Å². The van der Waals surface area contributed by atoms with Crippen molar-refractivity contribution in [2.45, 2.75) is 19.0 Å². The first-order chi connectivity index (χ1) is 8.86. The highest BCUT2D eigenvalue weighted by molar-refractivity contribution is 5.38. The summed E-state index contributed by atoms with van der Waals surface area (Å²) in [6.07, 6.45) is 1.04. The molecule has 1 N–H and O–H groups in total. The van der Waals surface area contributed by atoms with Gasteiger partial charge in [-0.2, -0.15) is 0 Å². The van der Waals surface area contributed by atoms with Crippen molar-refractivity contribution in [2.24, 2.45) is 0 Å². The molecule has 1 heterocycles. The average molecular weight is 239 g/mol. The summed E-state index contributed by atoms with van der Waals surface area (Å²) in [6, 6.07) is 17.4. The van der Waals surface area contributed by atoms with Gasteiger partial charge < -0.3 is 10.1 Å². The molecule has 0 aromatic heterocycles. The van der Waals surface area contributed by atoms with Crippen LogP contribution in [-0.2, 0) is 13.0 Å². The van der Waals surface area contributed by atoms with E-state index in [1.807, 2.05) is 6.07 Å². The summed E-state index contributed by atoms with van der Waals surface area (Å²) in [5, 5.41) is 3.59. The number of fused-ring (bicyclic) bond motifs is 1. The Morgan fingerprint density at radius 3 is 2.67 bits per heavy atom. The fourth-order valence-electron chi connectivity index (χ4n) is 2.54. The van der Waals surface area contributed by atoms with Gasteiger partial charge in [0.25, 0.3) is 0 Å². The lowest BCUT2D eigenvalue weighted by Crippen LogP contribution is -2.28. The van der Waals surface area contributed by atoms with E-state index in [1.165, 1.54) is 16.7 Å². The molecule has 1 aliphatic heterocycles. The Labute approximate surface area is 108 Å². The van der Waals surface area contributed by atoms with E-state index in [0.29, 0.717) is 6.04 Å². The molecule has 0 saturated heterocycles. The zero-order valence-corrected chi connectivity index (χ0v) is 10.5. The Morgan fingerprint density at radius 2 is 1.89 bits per heavy atom. The molecule has 2 aromatic carbocycles. The van der Waals surface area contributed by atoms with Crippen molar-refractivity contribution < 1.29 is 4.74 Å². The van der Waals surface area contributed by atoms with Gasteiger partial charge >= 0.3 is 0 Å². The van der Waals surface area contributed by atoms with Crippen molar-refractivity contribution in [3.63, 3.8) is 0 Å². The van der Waals surface area contributed by atoms with Gasteiger partial charge in [-0.05, 0) is 35.2 Å². The summed E-state index contributed by atoms with van der Waals surface area (Å²) < 4.78 is 5.26. The third-order valence-electron chi connectivity index (χ3n) is 3.58. The summed E-state index contributed by atoms with van der Waals surface area (Å²) in [5.74, 6) is 0.939. The van der Waals surface area contributed by atoms with Crippen LogP contribution in [0.3, 0.4) is 0 Å². The molecule has 0 bridgehead atoms. The van der Waals surface area contributed by atoms with E-state index in [1.54, 1.807) is 7.11 Å². The molecule has 0 saturated carbocycles. The highest BCUT2D eigenvalue weighted by Crippen LogP contribution is 2.28. The molecule has 1 aliphatic rings. The maximum absolute atomic E-state index is 5.26. The molecule has 2 aromatic rings. The van der Waals surface area contributed by atoms with Crippen LogP contribution in [0.2, 0.25) is 0 Å². The molecule has 92 valence electrons. The molecule has 0 radical (unpaired) electrons. The van der Waals surface area contributed by atoms with Crippen LogP contribution in [0.25, 0.3) is 0 Å². The van der Waals surface area contributed by atoms with E-state index < -0.39 is 0 Å². The zero-order valence-electron chi connectivity index (χ0n) is 10.5. The SMILES string of the molecule is COc1ccc2c(c1)CN[C@@H](c1ccccc1)C2. The van der Waals surface area contributed by atoms with Gasteiger partial charge in [-0.3, -0.25) is 0 Å². The first-order valence-electron chi connectivity index (χ1n) is 6.31. The van der Waals surface area contributed by atoms with E-state index in [0.717, 1.165) is 18.7 Å².